The number of benzene rings is 1. The van der Waals surface area contributed by atoms with Gasteiger partial charge in [0.2, 0.25) is 0 Å². The van der Waals surface area contributed by atoms with E-state index >= 15 is 0 Å². The average Bonchev–Trinajstić information content (AvgIpc) is 2.83. The van der Waals surface area contributed by atoms with E-state index in [2.05, 4.69) is 5.32 Å². The minimum absolute atomic E-state index is 0.107. The van der Waals surface area contributed by atoms with Crippen LogP contribution in [0.2, 0.25) is 0 Å². The van der Waals surface area contributed by atoms with Crippen molar-refractivity contribution in [1.29, 1.82) is 0 Å². The lowest BCUT2D eigenvalue weighted by molar-refractivity contribution is -0.110. The Morgan fingerprint density at radius 1 is 1.27 bits per heavy atom. The molecule has 2 N–H and O–H groups in total. The topological polar surface area (TPSA) is 67.8 Å². The van der Waals surface area contributed by atoms with Crippen LogP contribution in [0.15, 0.2) is 30.0 Å². The van der Waals surface area contributed by atoms with Gasteiger partial charge in [-0.15, -0.1) is 0 Å². The molecule has 1 amide bonds. The highest BCUT2D eigenvalue weighted by atomic mass is 16.5. The number of hydrogen-bond acceptors (Lipinski definition) is 4. The number of ether oxygens (including phenoxy) is 2. The van der Waals surface area contributed by atoms with Gasteiger partial charge in [0.1, 0.15) is 0 Å². The molecule has 0 saturated carbocycles. The Bertz CT molecular complexity index is 675. The molecule has 1 aromatic carbocycles. The molecule has 5 nitrogen and oxygen atoms in total. The number of aliphatic hydroxyl groups is 1. The number of allylic oxidation sites excluding steroid dienone is 3. The number of nitrogens with one attached hydrogen (secondary N) is 1. The van der Waals surface area contributed by atoms with Crippen molar-refractivity contribution in [2.24, 2.45) is 5.92 Å². The van der Waals surface area contributed by atoms with E-state index in [1.54, 1.807) is 20.3 Å². The van der Waals surface area contributed by atoms with Crippen LogP contribution in [-0.2, 0) is 4.79 Å². The molecule has 5 heteroatoms. The smallest absolute Gasteiger partial charge is 0.256 e. The maximum atomic E-state index is 12.2. The van der Waals surface area contributed by atoms with Gasteiger partial charge in [-0.2, -0.15) is 0 Å². The predicted octanol–water partition coefficient (Wildman–Crippen LogP) is 3.28. The summed E-state index contributed by atoms with van der Waals surface area (Å²) >= 11 is 0. The van der Waals surface area contributed by atoms with Gasteiger partial charge in [-0.05, 0) is 30.9 Å². The Balaban J connectivity index is 1.97. The maximum Gasteiger partial charge on any atom is 0.256 e. The first kappa shape index (κ1) is 14.5. The molecule has 0 aromatic heterocycles. The molecule has 0 spiro atoms. The van der Waals surface area contributed by atoms with Crippen LogP contribution >= 0.6 is 0 Å². The fraction of sp³-hybridized carbons (Fsp3) is 0.353. The van der Waals surface area contributed by atoms with Gasteiger partial charge in [-0.3, -0.25) is 4.79 Å². The van der Waals surface area contributed by atoms with Crippen LogP contribution in [0.4, 0.5) is 5.69 Å². The zero-order valence-electron chi connectivity index (χ0n) is 12.7. The van der Waals surface area contributed by atoms with Crippen molar-refractivity contribution in [2.45, 2.75) is 19.3 Å². The van der Waals surface area contributed by atoms with Crippen molar-refractivity contribution >= 4 is 17.2 Å². The summed E-state index contributed by atoms with van der Waals surface area (Å²) in [7, 11) is 3.14. The van der Waals surface area contributed by atoms with Crippen LogP contribution in [0.3, 0.4) is 0 Å². The van der Waals surface area contributed by atoms with Crippen molar-refractivity contribution in [3.05, 3.63) is 35.6 Å². The van der Waals surface area contributed by atoms with Gasteiger partial charge in [0.25, 0.3) is 5.91 Å². The molecule has 116 valence electrons. The van der Waals surface area contributed by atoms with Gasteiger partial charge in [-0.1, -0.05) is 6.08 Å². The van der Waals surface area contributed by atoms with Crippen LogP contribution in [0.25, 0.3) is 5.57 Å². The Labute approximate surface area is 129 Å². The molecule has 1 aliphatic carbocycles. The van der Waals surface area contributed by atoms with Gasteiger partial charge in [-0.25, -0.2) is 0 Å². The Morgan fingerprint density at radius 2 is 2.00 bits per heavy atom. The zero-order chi connectivity index (χ0) is 15.7. The molecule has 2 aliphatic rings. The van der Waals surface area contributed by atoms with Crippen molar-refractivity contribution < 1.29 is 19.4 Å². The molecule has 0 radical (unpaired) electrons. The number of hydrogen-bond donors (Lipinski definition) is 2. The van der Waals surface area contributed by atoms with E-state index in [1.165, 1.54) is 0 Å². The lowest BCUT2D eigenvalue weighted by atomic mass is 9.90. The molecule has 3 rings (SSSR count). The van der Waals surface area contributed by atoms with Crippen LogP contribution in [0, 0.1) is 5.92 Å². The SMILES string of the molecule is COc1cc2c(cc1OC)/C(=C\C1CC=C(O)CC1)C(=O)N2. The molecule has 1 atom stereocenters. The van der Waals surface area contributed by atoms with Gasteiger partial charge < -0.3 is 19.9 Å². The van der Waals surface area contributed by atoms with Gasteiger partial charge in [0.05, 0.1) is 25.7 Å². The Kier molecular flexibility index (Phi) is 3.79. The van der Waals surface area contributed by atoms with E-state index in [0.29, 0.717) is 29.3 Å². The maximum absolute atomic E-state index is 12.2. The van der Waals surface area contributed by atoms with Gasteiger partial charge in [0.15, 0.2) is 11.5 Å². The number of methoxy groups -OCH3 is 2. The van der Waals surface area contributed by atoms with E-state index in [9.17, 15) is 9.90 Å². The second kappa shape index (κ2) is 5.75. The molecular weight excluding hydrogens is 282 g/mol. The predicted molar refractivity (Wildman–Crippen MR) is 84.2 cm³/mol. The largest absolute Gasteiger partial charge is 0.513 e. The molecular formula is C17H19NO4. The number of aliphatic hydroxyl groups excluding tert-OH is 1. The fourth-order valence-corrected chi connectivity index (χ4v) is 2.91. The molecule has 22 heavy (non-hydrogen) atoms. The van der Waals surface area contributed by atoms with E-state index in [0.717, 1.165) is 24.1 Å². The second-order valence-electron chi connectivity index (χ2n) is 5.52. The number of carbonyl (C=O) groups is 1. The summed E-state index contributed by atoms with van der Waals surface area (Å²) in [5, 5.41) is 12.3. The third-order valence-electron chi connectivity index (χ3n) is 4.14. The van der Waals surface area contributed by atoms with Crippen molar-refractivity contribution in [3.63, 3.8) is 0 Å². The molecule has 0 fully saturated rings. The first-order valence-corrected chi connectivity index (χ1v) is 7.30. The Hall–Kier alpha value is -2.43. The third-order valence-corrected chi connectivity index (χ3v) is 4.14. The standard InChI is InChI=1S/C17H19NO4/c1-21-15-8-12-13(7-10-3-5-11(19)6-4-10)17(20)18-14(12)9-16(15)22-2/h5,7-10,19H,3-4,6H2,1-2H3,(H,18,20)/b13-7+. The minimum atomic E-state index is -0.107. The second-order valence-corrected chi connectivity index (χ2v) is 5.52. The molecule has 1 heterocycles. The fourth-order valence-electron chi connectivity index (χ4n) is 2.91. The summed E-state index contributed by atoms with van der Waals surface area (Å²) in [6.07, 6.45) is 6.09. The number of anilines is 1. The van der Waals surface area contributed by atoms with Crippen molar-refractivity contribution in [1.82, 2.24) is 0 Å². The van der Waals surface area contributed by atoms with Crippen LogP contribution < -0.4 is 14.8 Å². The quantitative estimate of drug-likeness (QED) is 0.841. The minimum Gasteiger partial charge on any atom is -0.513 e. The third kappa shape index (κ3) is 2.54. The summed E-state index contributed by atoms with van der Waals surface area (Å²) in [5.41, 5.74) is 2.24. The summed E-state index contributed by atoms with van der Waals surface area (Å²) in [6.45, 7) is 0. The molecule has 1 aromatic rings. The normalized spacial score (nSPS) is 22.1. The lowest BCUT2D eigenvalue weighted by Crippen LogP contribution is -2.08. The average molecular weight is 301 g/mol. The van der Waals surface area contributed by atoms with Crippen LogP contribution in [-0.4, -0.2) is 25.2 Å². The number of rotatable bonds is 3. The molecule has 0 saturated heterocycles. The summed E-state index contributed by atoms with van der Waals surface area (Å²) in [4.78, 5) is 12.2. The van der Waals surface area contributed by atoms with E-state index in [4.69, 9.17) is 9.47 Å². The highest BCUT2D eigenvalue weighted by Gasteiger charge is 2.27. The Morgan fingerprint density at radius 3 is 2.64 bits per heavy atom. The monoisotopic (exact) mass is 301 g/mol. The summed E-state index contributed by atoms with van der Waals surface area (Å²) in [5.74, 6) is 1.79. The molecule has 1 unspecified atom stereocenters. The number of amides is 1. The zero-order valence-corrected chi connectivity index (χ0v) is 12.7. The van der Waals surface area contributed by atoms with Crippen LogP contribution in [0.1, 0.15) is 24.8 Å². The molecule has 1 aliphatic heterocycles. The van der Waals surface area contributed by atoms with E-state index in [1.807, 2.05) is 18.2 Å². The number of fused-ring (bicyclic) bond motifs is 1. The first-order chi connectivity index (χ1) is 10.6. The lowest BCUT2D eigenvalue weighted by Gasteiger charge is -2.16. The summed E-state index contributed by atoms with van der Waals surface area (Å²) in [6, 6.07) is 3.60. The van der Waals surface area contributed by atoms with Gasteiger partial charge in [0, 0.05) is 23.6 Å². The number of carbonyl (C=O) groups excluding carboxylic acids is 1. The van der Waals surface area contributed by atoms with Crippen molar-refractivity contribution in [2.75, 3.05) is 19.5 Å². The summed E-state index contributed by atoms with van der Waals surface area (Å²) < 4.78 is 10.6. The van der Waals surface area contributed by atoms with Crippen LogP contribution in [0.5, 0.6) is 11.5 Å². The first-order valence-electron chi connectivity index (χ1n) is 7.30. The molecule has 0 bridgehead atoms. The van der Waals surface area contributed by atoms with Crippen molar-refractivity contribution in [3.8, 4) is 11.5 Å². The van der Waals surface area contributed by atoms with E-state index < -0.39 is 0 Å². The van der Waals surface area contributed by atoms with E-state index in [-0.39, 0.29) is 11.8 Å². The van der Waals surface area contributed by atoms with Gasteiger partial charge >= 0.3 is 0 Å². The highest BCUT2D eigenvalue weighted by molar-refractivity contribution is 6.31. The highest BCUT2D eigenvalue weighted by Crippen LogP contribution is 2.41.